The molecule has 184 valence electrons. The third-order valence-corrected chi connectivity index (χ3v) is 6.84. The van der Waals surface area contributed by atoms with Crippen molar-refractivity contribution in [3.8, 4) is 0 Å². The first-order valence-corrected chi connectivity index (χ1v) is 13.3. The van der Waals surface area contributed by atoms with E-state index >= 15 is 0 Å². The topological polar surface area (TPSA) is 69.7 Å². The molecule has 1 aromatic carbocycles. The predicted octanol–water partition coefficient (Wildman–Crippen LogP) is 6.45. The summed E-state index contributed by atoms with van der Waals surface area (Å²) in [7, 11) is 0. The van der Waals surface area contributed by atoms with Gasteiger partial charge in [-0.3, -0.25) is 14.4 Å². The summed E-state index contributed by atoms with van der Waals surface area (Å²) in [6.07, 6.45) is 9.79. The molecule has 2 aliphatic carbocycles. The van der Waals surface area contributed by atoms with Crippen molar-refractivity contribution in [1.29, 1.82) is 0 Å². The lowest BCUT2D eigenvalue weighted by Crippen LogP contribution is -2.16. The van der Waals surface area contributed by atoms with Crippen LogP contribution in [0.25, 0.3) is 0 Å². The number of carbonyl (C=O) groups excluding carboxylic acids is 3. The molecule has 0 amide bonds. The van der Waals surface area contributed by atoms with Gasteiger partial charge >= 0.3 is 11.9 Å². The van der Waals surface area contributed by atoms with Crippen LogP contribution in [-0.4, -0.2) is 30.9 Å². The fourth-order valence-corrected chi connectivity index (χ4v) is 4.80. The Kier molecular flexibility index (Phi) is 12.7. The van der Waals surface area contributed by atoms with E-state index in [1.807, 2.05) is 13.0 Å². The Balaban J connectivity index is 0.000000257. The summed E-state index contributed by atoms with van der Waals surface area (Å²) in [5.41, 5.74) is 1.35. The highest BCUT2D eigenvalue weighted by Crippen LogP contribution is 2.34. The van der Waals surface area contributed by atoms with E-state index in [9.17, 15) is 14.4 Å². The molecule has 33 heavy (non-hydrogen) atoms. The standard InChI is InChI=1S/C17H23BrO2.C10H16O3/c1-2-3-9-20-17(19)15-8-7-14(11-15)10-13-5-4-6-16(18)12-13;1-2-3-6-13-10(12)8-4-5-9(11)7-8/h4-6,12,14-15H,2-3,7-11H2,1H3;8H,2-7H2,1H3/t14-,15+;8-/m00/s1. The molecule has 0 unspecified atom stereocenters. The zero-order chi connectivity index (χ0) is 24.1. The highest BCUT2D eigenvalue weighted by molar-refractivity contribution is 9.10. The molecule has 0 aliphatic heterocycles. The number of benzene rings is 1. The lowest BCUT2D eigenvalue weighted by Gasteiger charge is -2.11. The van der Waals surface area contributed by atoms with Gasteiger partial charge in [0.15, 0.2) is 0 Å². The van der Waals surface area contributed by atoms with E-state index in [0.29, 0.717) is 38.4 Å². The zero-order valence-corrected chi connectivity index (χ0v) is 21.7. The summed E-state index contributed by atoms with van der Waals surface area (Å²) in [5.74, 6) is 0.633. The molecule has 2 aliphatic rings. The van der Waals surface area contributed by atoms with Gasteiger partial charge in [0.05, 0.1) is 25.0 Å². The average molecular weight is 524 g/mol. The monoisotopic (exact) mass is 522 g/mol. The smallest absolute Gasteiger partial charge is 0.309 e. The Hall–Kier alpha value is -1.69. The molecule has 0 aromatic heterocycles. The van der Waals surface area contributed by atoms with Crippen LogP contribution >= 0.6 is 15.9 Å². The van der Waals surface area contributed by atoms with Crippen molar-refractivity contribution in [2.24, 2.45) is 17.8 Å². The van der Waals surface area contributed by atoms with E-state index in [1.165, 1.54) is 5.56 Å². The minimum absolute atomic E-state index is 0.0233. The van der Waals surface area contributed by atoms with Crippen molar-refractivity contribution in [2.45, 2.75) is 84.5 Å². The number of halogens is 1. The highest BCUT2D eigenvalue weighted by Gasteiger charge is 2.31. The SMILES string of the molecule is CCCCOC(=O)[C@@H]1CC[C@@H](Cc2cccc(Br)c2)C1.CCCCOC(=O)[C@H]1CCC(=O)C1. The molecule has 2 saturated carbocycles. The molecule has 1 aromatic rings. The van der Waals surface area contributed by atoms with Crippen LogP contribution in [0, 0.1) is 17.8 Å². The largest absolute Gasteiger partial charge is 0.465 e. The first-order chi connectivity index (χ1) is 15.9. The van der Waals surface area contributed by atoms with Crippen LogP contribution in [0.5, 0.6) is 0 Å². The van der Waals surface area contributed by atoms with Gasteiger partial charge in [-0.1, -0.05) is 54.8 Å². The van der Waals surface area contributed by atoms with Gasteiger partial charge in [0.2, 0.25) is 0 Å². The summed E-state index contributed by atoms with van der Waals surface area (Å²) >= 11 is 3.51. The second kappa shape index (κ2) is 15.3. The molecule has 2 fully saturated rings. The van der Waals surface area contributed by atoms with E-state index in [1.54, 1.807) is 0 Å². The van der Waals surface area contributed by atoms with Gasteiger partial charge in [-0.25, -0.2) is 0 Å². The molecule has 6 heteroatoms. The van der Waals surface area contributed by atoms with Gasteiger partial charge in [0.1, 0.15) is 5.78 Å². The van der Waals surface area contributed by atoms with Gasteiger partial charge in [-0.2, -0.15) is 0 Å². The summed E-state index contributed by atoms with van der Waals surface area (Å²) in [4.78, 5) is 34.1. The zero-order valence-electron chi connectivity index (χ0n) is 20.2. The highest BCUT2D eigenvalue weighted by atomic mass is 79.9. The normalized spacial score (nSPS) is 21.9. The van der Waals surface area contributed by atoms with Crippen LogP contribution in [0.1, 0.15) is 83.6 Å². The number of carbonyl (C=O) groups is 3. The summed E-state index contributed by atoms with van der Waals surface area (Å²) in [6, 6.07) is 8.46. The molecule has 0 heterocycles. The third kappa shape index (κ3) is 10.4. The fourth-order valence-electron chi connectivity index (χ4n) is 4.36. The van der Waals surface area contributed by atoms with Gasteiger partial charge in [-0.05, 0) is 68.6 Å². The van der Waals surface area contributed by atoms with E-state index < -0.39 is 0 Å². The molecule has 0 saturated heterocycles. The first kappa shape index (κ1) is 27.6. The second-order valence-electron chi connectivity index (χ2n) is 9.23. The number of hydrogen-bond donors (Lipinski definition) is 0. The van der Waals surface area contributed by atoms with Crippen molar-refractivity contribution >= 4 is 33.7 Å². The van der Waals surface area contributed by atoms with Crippen LogP contribution in [0.15, 0.2) is 28.7 Å². The Labute approximate surface area is 207 Å². The Bertz CT molecular complexity index is 763. The summed E-state index contributed by atoms with van der Waals surface area (Å²) < 4.78 is 11.5. The Morgan fingerprint density at radius 3 is 2.21 bits per heavy atom. The van der Waals surface area contributed by atoms with E-state index in [4.69, 9.17) is 9.47 Å². The van der Waals surface area contributed by atoms with E-state index in [0.717, 1.165) is 55.8 Å². The van der Waals surface area contributed by atoms with E-state index in [-0.39, 0.29) is 29.6 Å². The first-order valence-electron chi connectivity index (χ1n) is 12.5. The Morgan fingerprint density at radius 2 is 1.64 bits per heavy atom. The van der Waals surface area contributed by atoms with Crippen LogP contribution < -0.4 is 0 Å². The maximum atomic E-state index is 11.9. The van der Waals surface area contributed by atoms with Crippen molar-refractivity contribution in [2.75, 3.05) is 13.2 Å². The van der Waals surface area contributed by atoms with Crippen molar-refractivity contribution in [3.05, 3.63) is 34.3 Å². The van der Waals surface area contributed by atoms with Crippen LogP contribution in [0.2, 0.25) is 0 Å². The molecule has 0 N–H and O–H groups in total. The molecule has 5 nitrogen and oxygen atoms in total. The van der Waals surface area contributed by atoms with Gasteiger partial charge in [0, 0.05) is 17.3 Å². The number of ketones is 1. The van der Waals surface area contributed by atoms with Crippen LogP contribution in [0.4, 0.5) is 0 Å². The quantitative estimate of drug-likeness (QED) is 0.260. The number of rotatable bonds is 10. The summed E-state index contributed by atoms with van der Waals surface area (Å²) in [5, 5.41) is 0. The number of hydrogen-bond acceptors (Lipinski definition) is 5. The lowest BCUT2D eigenvalue weighted by molar-refractivity contribution is -0.149. The molecule has 0 radical (unpaired) electrons. The van der Waals surface area contributed by atoms with Gasteiger partial charge in [-0.15, -0.1) is 0 Å². The minimum atomic E-state index is -0.181. The molecule has 3 atom stereocenters. The second-order valence-corrected chi connectivity index (χ2v) is 10.1. The third-order valence-electron chi connectivity index (χ3n) is 6.35. The maximum absolute atomic E-state index is 11.9. The molecular formula is C27H39BrO5. The molecular weight excluding hydrogens is 484 g/mol. The van der Waals surface area contributed by atoms with Gasteiger partial charge in [0.25, 0.3) is 0 Å². The predicted molar refractivity (Wildman–Crippen MR) is 133 cm³/mol. The van der Waals surface area contributed by atoms with Crippen molar-refractivity contribution < 1.29 is 23.9 Å². The number of esters is 2. The van der Waals surface area contributed by atoms with Crippen molar-refractivity contribution in [3.63, 3.8) is 0 Å². The number of unbranched alkanes of at least 4 members (excludes halogenated alkanes) is 2. The fraction of sp³-hybridized carbons (Fsp3) is 0.667. The maximum Gasteiger partial charge on any atom is 0.309 e. The molecule has 0 bridgehead atoms. The molecule has 3 rings (SSSR count). The minimum Gasteiger partial charge on any atom is -0.465 e. The Morgan fingerprint density at radius 1 is 0.970 bits per heavy atom. The summed E-state index contributed by atoms with van der Waals surface area (Å²) in [6.45, 7) is 5.24. The van der Waals surface area contributed by atoms with Crippen molar-refractivity contribution in [1.82, 2.24) is 0 Å². The lowest BCUT2D eigenvalue weighted by atomic mass is 9.97. The van der Waals surface area contributed by atoms with Crippen LogP contribution in [0.3, 0.4) is 0 Å². The average Bonchev–Trinajstić information content (AvgIpc) is 3.44. The number of ether oxygens (including phenoxy) is 2. The van der Waals surface area contributed by atoms with Crippen LogP contribution in [-0.2, 0) is 30.3 Å². The van der Waals surface area contributed by atoms with Gasteiger partial charge < -0.3 is 9.47 Å². The molecule has 0 spiro atoms. The number of Topliss-reactive ketones (excluding diaryl/α,β-unsaturated/α-hetero) is 1. The van der Waals surface area contributed by atoms with E-state index in [2.05, 4.69) is 41.1 Å².